The van der Waals surface area contributed by atoms with Gasteiger partial charge in [-0.05, 0) is 63.0 Å². The second kappa shape index (κ2) is 8.46. The summed E-state index contributed by atoms with van der Waals surface area (Å²) in [5, 5.41) is 14.9. The van der Waals surface area contributed by atoms with Crippen LogP contribution in [0.15, 0.2) is 23.6 Å². The molecule has 0 aliphatic heterocycles. The molecule has 0 saturated heterocycles. The number of anilines is 1. The third-order valence-corrected chi connectivity index (χ3v) is 7.58. The molecule has 4 rings (SSSR count). The minimum atomic E-state index is -0.903. The molecule has 7 heteroatoms. The molecule has 6 nitrogen and oxygen atoms in total. The number of benzene rings is 1. The molecule has 0 spiro atoms. The Morgan fingerprint density at radius 2 is 1.84 bits per heavy atom. The quantitative estimate of drug-likeness (QED) is 0.623. The van der Waals surface area contributed by atoms with Crippen LogP contribution >= 0.6 is 11.3 Å². The van der Waals surface area contributed by atoms with Crippen molar-refractivity contribution in [3.05, 3.63) is 40.3 Å². The molecule has 1 aromatic carbocycles. The molecule has 2 fully saturated rings. The van der Waals surface area contributed by atoms with E-state index in [-0.39, 0.29) is 24.3 Å². The van der Waals surface area contributed by atoms with Crippen molar-refractivity contribution < 1.29 is 24.2 Å². The monoisotopic (exact) mass is 441 g/mol. The van der Waals surface area contributed by atoms with Gasteiger partial charge in [0.1, 0.15) is 10.6 Å². The molecular weight excluding hydrogens is 414 g/mol. The molecule has 1 heterocycles. The smallest absolute Gasteiger partial charge is 0.341 e. The minimum absolute atomic E-state index is 0.0666. The van der Waals surface area contributed by atoms with Crippen LogP contribution in [0.4, 0.5) is 5.00 Å². The summed E-state index contributed by atoms with van der Waals surface area (Å²) in [4.78, 5) is 37.9. The van der Waals surface area contributed by atoms with Crippen LogP contribution in [-0.4, -0.2) is 29.6 Å². The SMILES string of the molecule is CCOC(=O)c1c(-c2ccc(C)cc2C)csc1NC(=O)[C@H]1[C@H]2CC[C@@H](C2)[C@H]1C(=O)O. The number of carboxylic acid groups (broad SMARTS) is 1. The van der Waals surface area contributed by atoms with Gasteiger partial charge in [-0.2, -0.15) is 0 Å². The lowest BCUT2D eigenvalue weighted by Gasteiger charge is -2.27. The summed E-state index contributed by atoms with van der Waals surface area (Å²) in [5.41, 5.74) is 4.12. The Kier molecular flexibility index (Phi) is 5.88. The Morgan fingerprint density at radius 1 is 1.13 bits per heavy atom. The lowest BCUT2D eigenvalue weighted by atomic mass is 9.78. The first-order valence-corrected chi connectivity index (χ1v) is 11.6. The number of aliphatic carboxylic acids is 1. The van der Waals surface area contributed by atoms with E-state index < -0.39 is 23.8 Å². The van der Waals surface area contributed by atoms with Gasteiger partial charge in [0.25, 0.3) is 0 Å². The van der Waals surface area contributed by atoms with Crippen molar-refractivity contribution in [2.24, 2.45) is 23.7 Å². The van der Waals surface area contributed by atoms with E-state index in [4.69, 9.17) is 4.74 Å². The fraction of sp³-hybridized carbons (Fsp3) is 0.458. The van der Waals surface area contributed by atoms with Crippen LogP contribution in [-0.2, 0) is 14.3 Å². The van der Waals surface area contributed by atoms with E-state index >= 15 is 0 Å². The standard InChI is InChI=1S/C24H27NO5S/c1-4-30-24(29)20-17(16-8-5-12(2)9-13(16)3)11-31-22(20)25-21(26)18-14-6-7-15(10-14)19(18)23(27)28/h5,8-9,11,14-15,18-19H,4,6-7,10H2,1-3H3,(H,25,26)(H,27,28)/t14-,15-,18-,19+/m0/s1. The number of carbonyl (C=O) groups is 3. The first-order chi connectivity index (χ1) is 14.8. The number of thiophene rings is 1. The molecule has 1 aromatic heterocycles. The number of esters is 1. The molecule has 2 N–H and O–H groups in total. The van der Waals surface area contributed by atoms with Gasteiger partial charge in [0.15, 0.2) is 0 Å². The predicted octanol–water partition coefficient (Wildman–Crippen LogP) is 4.89. The first kappa shape index (κ1) is 21.6. The summed E-state index contributed by atoms with van der Waals surface area (Å²) >= 11 is 1.27. The number of fused-ring (bicyclic) bond motifs is 2. The van der Waals surface area contributed by atoms with E-state index in [0.717, 1.165) is 41.5 Å². The molecule has 2 saturated carbocycles. The highest BCUT2D eigenvalue weighted by molar-refractivity contribution is 7.15. The lowest BCUT2D eigenvalue weighted by Crippen LogP contribution is -2.37. The fourth-order valence-electron chi connectivity index (χ4n) is 5.39. The maximum atomic E-state index is 13.2. The number of carboxylic acids is 1. The molecule has 2 bridgehead atoms. The Bertz CT molecular complexity index is 1040. The summed E-state index contributed by atoms with van der Waals surface area (Å²) in [6.45, 7) is 5.96. The summed E-state index contributed by atoms with van der Waals surface area (Å²) in [7, 11) is 0. The van der Waals surface area contributed by atoms with Gasteiger partial charge < -0.3 is 15.2 Å². The van der Waals surface area contributed by atoms with Gasteiger partial charge >= 0.3 is 11.9 Å². The molecule has 0 unspecified atom stereocenters. The van der Waals surface area contributed by atoms with Crippen LogP contribution in [0, 0.1) is 37.5 Å². The van der Waals surface area contributed by atoms with Crippen molar-refractivity contribution in [3.63, 3.8) is 0 Å². The lowest BCUT2D eigenvalue weighted by molar-refractivity contribution is -0.148. The van der Waals surface area contributed by atoms with Gasteiger partial charge in [0.05, 0.1) is 18.4 Å². The number of aryl methyl sites for hydroxylation is 2. The average Bonchev–Trinajstić information content (AvgIpc) is 3.42. The summed E-state index contributed by atoms with van der Waals surface area (Å²) in [5.74, 6) is -2.75. The molecule has 31 heavy (non-hydrogen) atoms. The van der Waals surface area contributed by atoms with E-state index in [2.05, 4.69) is 5.32 Å². The number of carbonyl (C=O) groups excluding carboxylic acids is 2. The zero-order valence-electron chi connectivity index (χ0n) is 17.9. The normalized spacial score (nSPS) is 24.2. The summed E-state index contributed by atoms with van der Waals surface area (Å²) in [6.07, 6.45) is 2.54. The van der Waals surface area contributed by atoms with Gasteiger partial charge in [0.2, 0.25) is 5.91 Å². The summed E-state index contributed by atoms with van der Waals surface area (Å²) in [6, 6.07) is 6.00. The molecule has 2 aromatic rings. The van der Waals surface area contributed by atoms with E-state index in [1.54, 1.807) is 6.92 Å². The van der Waals surface area contributed by atoms with Gasteiger partial charge in [0, 0.05) is 10.9 Å². The Balaban J connectivity index is 1.68. The Morgan fingerprint density at radius 3 is 2.48 bits per heavy atom. The molecule has 2 aliphatic carbocycles. The van der Waals surface area contributed by atoms with Gasteiger partial charge in [-0.25, -0.2) is 4.79 Å². The Labute approximate surface area is 185 Å². The molecule has 164 valence electrons. The van der Waals surface area contributed by atoms with Crippen molar-refractivity contribution >= 4 is 34.2 Å². The minimum Gasteiger partial charge on any atom is -0.481 e. The number of ether oxygens (including phenoxy) is 1. The first-order valence-electron chi connectivity index (χ1n) is 10.7. The zero-order chi connectivity index (χ0) is 22.3. The number of rotatable bonds is 6. The number of hydrogen-bond donors (Lipinski definition) is 2. The molecular formula is C24H27NO5S. The maximum absolute atomic E-state index is 13.2. The maximum Gasteiger partial charge on any atom is 0.341 e. The highest BCUT2D eigenvalue weighted by atomic mass is 32.1. The summed E-state index contributed by atoms with van der Waals surface area (Å²) < 4.78 is 5.29. The van der Waals surface area contributed by atoms with Crippen LogP contribution in [0.1, 0.15) is 47.7 Å². The van der Waals surface area contributed by atoms with Crippen LogP contribution < -0.4 is 5.32 Å². The third kappa shape index (κ3) is 3.87. The van der Waals surface area contributed by atoms with Crippen LogP contribution in [0.3, 0.4) is 0 Å². The Hall–Kier alpha value is -2.67. The van der Waals surface area contributed by atoms with Crippen molar-refractivity contribution in [3.8, 4) is 11.1 Å². The third-order valence-electron chi connectivity index (χ3n) is 6.68. The second-order valence-corrected chi connectivity index (χ2v) is 9.48. The van der Waals surface area contributed by atoms with Gasteiger partial charge in [-0.1, -0.05) is 23.8 Å². The van der Waals surface area contributed by atoms with E-state index in [1.807, 2.05) is 37.4 Å². The second-order valence-electron chi connectivity index (χ2n) is 8.60. The van der Waals surface area contributed by atoms with Gasteiger partial charge in [-0.15, -0.1) is 11.3 Å². The zero-order valence-corrected chi connectivity index (χ0v) is 18.8. The van der Waals surface area contributed by atoms with E-state index in [9.17, 15) is 19.5 Å². The number of nitrogens with one attached hydrogen (secondary N) is 1. The highest BCUT2D eigenvalue weighted by Crippen LogP contribution is 2.53. The van der Waals surface area contributed by atoms with Crippen molar-refractivity contribution in [1.82, 2.24) is 0 Å². The molecule has 4 atom stereocenters. The van der Waals surface area contributed by atoms with Crippen molar-refractivity contribution in [2.75, 3.05) is 11.9 Å². The topological polar surface area (TPSA) is 92.7 Å². The fourth-order valence-corrected chi connectivity index (χ4v) is 6.34. The van der Waals surface area contributed by atoms with Gasteiger partial charge in [-0.3, -0.25) is 9.59 Å². The molecule has 2 aliphatic rings. The van der Waals surface area contributed by atoms with Crippen LogP contribution in [0.2, 0.25) is 0 Å². The van der Waals surface area contributed by atoms with Crippen LogP contribution in [0.5, 0.6) is 0 Å². The van der Waals surface area contributed by atoms with Crippen LogP contribution in [0.25, 0.3) is 11.1 Å². The largest absolute Gasteiger partial charge is 0.481 e. The van der Waals surface area contributed by atoms with Crippen molar-refractivity contribution in [1.29, 1.82) is 0 Å². The number of hydrogen-bond acceptors (Lipinski definition) is 5. The van der Waals surface area contributed by atoms with Crippen molar-refractivity contribution in [2.45, 2.75) is 40.0 Å². The predicted molar refractivity (Wildman–Crippen MR) is 119 cm³/mol. The average molecular weight is 442 g/mol. The number of amides is 1. The molecule has 0 radical (unpaired) electrons. The van der Waals surface area contributed by atoms with E-state index in [0.29, 0.717) is 10.6 Å². The van der Waals surface area contributed by atoms with E-state index in [1.165, 1.54) is 11.3 Å². The highest BCUT2D eigenvalue weighted by Gasteiger charge is 2.54. The molecule has 1 amide bonds.